The Morgan fingerprint density at radius 1 is 1.12 bits per heavy atom. The molecule has 0 spiro atoms. The first-order valence-electron chi connectivity index (χ1n) is 8.45. The summed E-state index contributed by atoms with van der Waals surface area (Å²) in [5.41, 5.74) is 4.34. The van der Waals surface area contributed by atoms with Gasteiger partial charge in [0.05, 0.1) is 16.0 Å². The van der Waals surface area contributed by atoms with Crippen LogP contribution >= 0.6 is 23.1 Å². The maximum Gasteiger partial charge on any atom is 0.211 e. The molecule has 1 N–H and O–H groups in total. The average Bonchev–Trinajstić information content (AvgIpc) is 3.03. The Morgan fingerprint density at radius 3 is 2.73 bits per heavy atom. The molecule has 0 saturated carbocycles. The van der Waals surface area contributed by atoms with E-state index >= 15 is 0 Å². The molecule has 7 heteroatoms. The van der Waals surface area contributed by atoms with Crippen molar-refractivity contribution in [2.24, 2.45) is 0 Å². The minimum absolute atomic E-state index is 0.135. The normalized spacial score (nSPS) is 11.9. The maximum atomic E-state index is 12.2. The molecule has 3 rings (SSSR count). The van der Waals surface area contributed by atoms with Crippen LogP contribution in [0, 0.1) is 13.8 Å². The van der Waals surface area contributed by atoms with Gasteiger partial charge in [0.2, 0.25) is 10.0 Å². The molecule has 0 aliphatic rings. The smallest absolute Gasteiger partial charge is 0.211 e. The molecule has 0 unspecified atom stereocenters. The van der Waals surface area contributed by atoms with Crippen molar-refractivity contribution in [2.45, 2.75) is 31.2 Å². The van der Waals surface area contributed by atoms with Gasteiger partial charge in [-0.25, -0.2) is 18.1 Å². The maximum absolute atomic E-state index is 12.2. The van der Waals surface area contributed by atoms with E-state index in [1.807, 2.05) is 50.2 Å². The number of nitrogens with zero attached hydrogens (tertiary/aromatic N) is 1. The highest BCUT2D eigenvalue weighted by atomic mass is 32.2. The van der Waals surface area contributed by atoms with Crippen LogP contribution < -0.4 is 4.72 Å². The molecule has 138 valence electrons. The molecule has 2 aromatic carbocycles. The van der Waals surface area contributed by atoms with E-state index in [1.54, 1.807) is 23.1 Å². The molecule has 1 heterocycles. The summed E-state index contributed by atoms with van der Waals surface area (Å²) in [6.45, 7) is 4.40. The second kappa shape index (κ2) is 8.52. The second-order valence-corrected chi connectivity index (χ2v) is 10.4. The topological polar surface area (TPSA) is 59.1 Å². The fraction of sp³-hybridized carbons (Fsp3) is 0.316. The summed E-state index contributed by atoms with van der Waals surface area (Å²) in [7, 11) is -3.27. The fourth-order valence-electron chi connectivity index (χ4n) is 2.58. The second-order valence-electron chi connectivity index (χ2n) is 6.15. The Bertz CT molecular complexity index is 964. The number of thioether (sulfide) groups is 1. The van der Waals surface area contributed by atoms with Gasteiger partial charge in [-0.2, -0.15) is 0 Å². The number of sulfonamides is 1. The van der Waals surface area contributed by atoms with Gasteiger partial charge in [0.25, 0.3) is 0 Å². The van der Waals surface area contributed by atoms with Crippen LogP contribution in [0.25, 0.3) is 10.2 Å². The predicted octanol–water partition coefficient (Wildman–Crippen LogP) is 4.51. The van der Waals surface area contributed by atoms with Crippen molar-refractivity contribution in [1.29, 1.82) is 0 Å². The van der Waals surface area contributed by atoms with E-state index in [4.69, 9.17) is 0 Å². The van der Waals surface area contributed by atoms with E-state index in [1.165, 1.54) is 5.56 Å². The standard InChI is InChI=1S/C19H22N2O2S3/c1-14-7-5-8-16(15(14)2)13-20-26(22,23)12-6-11-24-19-21-17-9-3-4-10-18(17)25-19/h3-5,7-10,20H,6,11-13H2,1-2H3. The third-order valence-corrected chi connectivity index (χ3v) is 7.93. The van der Waals surface area contributed by atoms with E-state index in [0.717, 1.165) is 31.4 Å². The van der Waals surface area contributed by atoms with Gasteiger partial charge in [-0.05, 0) is 49.1 Å². The Labute approximate surface area is 163 Å². The number of nitrogens with one attached hydrogen (secondary N) is 1. The zero-order chi connectivity index (χ0) is 18.6. The minimum atomic E-state index is -3.27. The molecule has 0 bridgehead atoms. The minimum Gasteiger partial charge on any atom is -0.230 e. The monoisotopic (exact) mass is 406 g/mol. The van der Waals surface area contributed by atoms with Gasteiger partial charge in [0.15, 0.2) is 4.34 Å². The summed E-state index contributed by atoms with van der Waals surface area (Å²) in [5, 5.41) is 0. The lowest BCUT2D eigenvalue weighted by Crippen LogP contribution is -2.26. The van der Waals surface area contributed by atoms with Gasteiger partial charge in [-0.15, -0.1) is 11.3 Å². The third-order valence-electron chi connectivity index (χ3n) is 4.26. The van der Waals surface area contributed by atoms with Crippen molar-refractivity contribution in [2.75, 3.05) is 11.5 Å². The summed E-state index contributed by atoms with van der Waals surface area (Å²) < 4.78 is 29.3. The average molecular weight is 407 g/mol. The van der Waals surface area contributed by atoms with Crippen molar-refractivity contribution in [3.05, 3.63) is 59.2 Å². The summed E-state index contributed by atoms with van der Waals surface area (Å²) in [4.78, 5) is 4.56. The molecule has 1 aromatic heterocycles. The van der Waals surface area contributed by atoms with Gasteiger partial charge in [-0.1, -0.05) is 42.1 Å². The largest absolute Gasteiger partial charge is 0.230 e. The van der Waals surface area contributed by atoms with Gasteiger partial charge < -0.3 is 0 Å². The zero-order valence-corrected chi connectivity index (χ0v) is 17.3. The molecule has 26 heavy (non-hydrogen) atoms. The predicted molar refractivity (Wildman–Crippen MR) is 112 cm³/mol. The molecule has 0 amide bonds. The Balaban J connectivity index is 1.46. The first-order valence-corrected chi connectivity index (χ1v) is 11.9. The zero-order valence-electron chi connectivity index (χ0n) is 14.9. The quantitative estimate of drug-likeness (QED) is 0.441. The van der Waals surface area contributed by atoms with Crippen LogP contribution in [0.5, 0.6) is 0 Å². The number of hydrogen-bond donors (Lipinski definition) is 1. The van der Waals surface area contributed by atoms with Crippen LogP contribution in [0.3, 0.4) is 0 Å². The van der Waals surface area contributed by atoms with Crippen molar-refractivity contribution < 1.29 is 8.42 Å². The number of aromatic nitrogens is 1. The Morgan fingerprint density at radius 2 is 1.92 bits per heavy atom. The van der Waals surface area contributed by atoms with Crippen LogP contribution in [0.15, 0.2) is 46.8 Å². The van der Waals surface area contributed by atoms with Gasteiger partial charge >= 0.3 is 0 Å². The lowest BCUT2D eigenvalue weighted by atomic mass is 10.0. The van der Waals surface area contributed by atoms with Crippen LogP contribution in [-0.2, 0) is 16.6 Å². The SMILES string of the molecule is Cc1cccc(CNS(=O)(=O)CCCSc2nc3ccccc3s2)c1C. The van der Waals surface area contributed by atoms with Gasteiger partial charge in [0.1, 0.15) is 0 Å². The van der Waals surface area contributed by atoms with E-state index in [0.29, 0.717) is 13.0 Å². The van der Waals surface area contributed by atoms with Gasteiger partial charge in [-0.3, -0.25) is 0 Å². The number of para-hydroxylation sites is 1. The summed E-state index contributed by atoms with van der Waals surface area (Å²) in [6, 6.07) is 14.0. The molecule has 3 aromatic rings. The number of thiazole rings is 1. The number of aryl methyl sites for hydroxylation is 1. The molecular formula is C19H22N2O2S3. The number of fused-ring (bicyclic) bond motifs is 1. The molecule has 4 nitrogen and oxygen atoms in total. The van der Waals surface area contributed by atoms with Crippen molar-refractivity contribution in [1.82, 2.24) is 9.71 Å². The first kappa shape index (κ1) is 19.4. The van der Waals surface area contributed by atoms with Crippen molar-refractivity contribution in [3.8, 4) is 0 Å². The molecule has 0 atom stereocenters. The van der Waals surface area contributed by atoms with E-state index in [-0.39, 0.29) is 5.75 Å². The molecular weight excluding hydrogens is 384 g/mol. The summed E-state index contributed by atoms with van der Waals surface area (Å²) in [6.07, 6.45) is 0.600. The highest BCUT2D eigenvalue weighted by Gasteiger charge is 2.12. The van der Waals surface area contributed by atoms with E-state index in [9.17, 15) is 8.42 Å². The first-order chi connectivity index (χ1) is 12.4. The Hall–Kier alpha value is -1.41. The van der Waals surface area contributed by atoms with Crippen LogP contribution in [0.4, 0.5) is 0 Å². The van der Waals surface area contributed by atoms with Crippen LogP contribution in [0.1, 0.15) is 23.1 Å². The van der Waals surface area contributed by atoms with Crippen LogP contribution in [0.2, 0.25) is 0 Å². The highest BCUT2D eigenvalue weighted by molar-refractivity contribution is 8.01. The molecule has 0 aliphatic heterocycles. The number of benzene rings is 2. The molecule has 0 radical (unpaired) electrons. The number of hydrogen-bond acceptors (Lipinski definition) is 5. The van der Waals surface area contributed by atoms with E-state index in [2.05, 4.69) is 15.8 Å². The van der Waals surface area contributed by atoms with E-state index < -0.39 is 10.0 Å². The van der Waals surface area contributed by atoms with Crippen LogP contribution in [-0.4, -0.2) is 24.9 Å². The lowest BCUT2D eigenvalue weighted by molar-refractivity contribution is 0.580. The molecule has 0 aliphatic carbocycles. The Kier molecular flexibility index (Phi) is 6.34. The third kappa shape index (κ3) is 5.07. The molecule has 0 fully saturated rings. The van der Waals surface area contributed by atoms with Crippen molar-refractivity contribution >= 4 is 43.3 Å². The highest BCUT2D eigenvalue weighted by Crippen LogP contribution is 2.29. The molecule has 0 saturated heterocycles. The fourth-order valence-corrected chi connectivity index (χ4v) is 5.89. The van der Waals surface area contributed by atoms with Gasteiger partial charge in [0, 0.05) is 12.3 Å². The lowest BCUT2D eigenvalue weighted by Gasteiger charge is -2.10. The number of rotatable bonds is 8. The summed E-state index contributed by atoms with van der Waals surface area (Å²) in [5.74, 6) is 0.875. The van der Waals surface area contributed by atoms with Crippen molar-refractivity contribution in [3.63, 3.8) is 0 Å². The summed E-state index contributed by atoms with van der Waals surface area (Å²) >= 11 is 3.27.